The Hall–Kier alpha value is -3.33. The first-order chi connectivity index (χ1) is 14.2. The first-order valence-corrected chi connectivity index (χ1v) is 9.74. The second-order valence-electron chi connectivity index (χ2n) is 7.22. The Morgan fingerprint density at radius 3 is 2.55 bits per heavy atom. The summed E-state index contributed by atoms with van der Waals surface area (Å²) in [6.07, 6.45) is 1.55. The normalized spacial score (nSPS) is 16.4. The lowest BCUT2D eigenvalue weighted by molar-refractivity contribution is 0.164. The molecule has 1 atom stereocenters. The van der Waals surface area contributed by atoms with E-state index in [4.69, 9.17) is 4.52 Å². The van der Waals surface area contributed by atoms with Crippen LogP contribution in [0, 0.1) is 6.92 Å². The van der Waals surface area contributed by atoms with Crippen LogP contribution in [-0.4, -0.2) is 60.8 Å². The molecule has 29 heavy (non-hydrogen) atoms. The van der Waals surface area contributed by atoms with Gasteiger partial charge < -0.3 is 9.42 Å². The summed E-state index contributed by atoms with van der Waals surface area (Å²) in [6, 6.07) is 12.4. The Kier molecular flexibility index (Phi) is 4.44. The van der Waals surface area contributed by atoms with E-state index in [1.165, 1.54) is 0 Å². The van der Waals surface area contributed by atoms with Crippen LogP contribution in [0.2, 0.25) is 0 Å². The molecule has 1 aliphatic rings. The first-order valence-electron chi connectivity index (χ1n) is 9.74. The molecule has 0 aliphatic carbocycles. The predicted octanol–water partition coefficient (Wildman–Crippen LogP) is 2.37. The van der Waals surface area contributed by atoms with E-state index in [2.05, 4.69) is 60.1 Å². The Morgan fingerprint density at radius 2 is 1.83 bits per heavy atom. The topological polar surface area (TPSA) is 88.5 Å². The molecular formula is C20H22N8O. The number of fused-ring (bicyclic) bond motifs is 1. The summed E-state index contributed by atoms with van der Waals surface area (Å²) < 4.78 is 7.17. The van der Waals surface area contributed by atoms with E-state index >= 15 is 0 Å². The summed E-state index contributed by atoms with van der Waals surface area (Å²) >= 11 is 0. The van der Waals surface area contributed by atoms with E-state index in [1.807, 2.05) is 29.6 Å². The van der Waals surface area contributed by atoms with E-state index in [1.54, 1.807) is 6.33 Å². The third-order valence-electron chi connectivity index (χ3n) is 5.39. The molecule has 1 aliphatic heterocycles. The van der Waals surface area contributed by atoms with Crippen LogP contribution in [0.15, 0.2) is 47.2 Å². The predicted molar refractivity (Wildman–Crippen MR) is 107 cm³/mol. The zero-order valence-electron chi connectivity index (χ0n) is 16.4. The monoisotopic (exact) mass is 390 g/mol. The summed E-state index contributed by atoms with van der Waals surface area (Å²) in [5.74, 6) is 2.96. The van der Waals surface area contributed by atoms with Crippen molar-refractivity contribution < 1.29 is 4.52 Å². The number of benzene rings is 1. The van der Waals surface area contributed by atoms with Crippen molar-refractivity contribution in [3.05, 3.63) is 54.4 Å². The maximum Gasteiger partial charge on any atom is 0.254 e. The molecule has 4 heterocycles. The number of hydrogen-bond acceptors (Lipinski definition) is 8. The number of aromatic nitrogens is 6. The Balaban J connectivity index is 1.40. The number of aryl methyl sites for hydroxylation is 1. The minimum absolute atomic E-state index is 0.0991. The SMILES string of the molecule is Cc1noc(C(C)N2CCN(c3cc(-c4ccccc4)nc4ncnn34)CC2)n1. The summed E-state index contributed by atoms with van der Waals surface area (Å²) in [7, 11) is 0. The fourth-order valence-electron chi connectivity index (χ4n) is 3.76. The molecule has 1 aromatic carbocycles. The second kappa shape index (κ2) is 7.25. The summed E-state index contributed by atoms with van der Waals surface area (Å²) in [4.78, 5) is 18.1. The number of anilines is 1. The third-order valence-corrected chi connectivity index (χ3v) is 5.39. The lowest BCUT2D eigenvalue weighted by atomic mass is 10.1. The fraction of sp³-hybridized carbons (Fsp3) is 0.350. The molecule has 0 bridgehead atoms. The van der Waals surface area contributed by atoms with Crippen molar-refractivity contribution in [1.82, 2.24) is 34.6 Å². The van der Waals surface area contributed by atoms with Gasteiger partial charge in [0, 0.05) is 37.8 Å². The summed E-state index contributed by atoms with van der Waals surface area (Å²) in [5.41, 5.74) is 1.97. The van der Waals surface area contributed by atoms with Crippen LogP contribution < -0.4 is 4.90 Å². The molecule has 9 nitrogen and oxygen atoms in total. The van der Waals surface area contributed by atoms with E-state index in [0.717, 1.165) is 43.3 Å². The molecule has 1 fully saturated rings. The van der Waals surface area contributed by atoms with Crippen LogP contribution in [0.25, 0.3) is 17.0 Å². The third kappa shape index (κ3) is 3.33. The number of hydrogen-bond donors (Lipinski definition) is 0. The van der Waals surface area contributed by atoms with E-state index in [0.29, 0.717) is 17.5 Å². The minimum Gasteiger partial charge on any atom is -0.354 e. The zero-order chi connectivity index (χ0) is 19.8. The van der Waals surface area contributed by atoms with E-state index < -0.39 is 0 Å². The molecule has 1 saturated heterocycles. The Bertz CT molecular complexity index is 1110. The molecule has 0 saturated carbocycles. The highest BCUT2D eigenvalue weighted by Crippen LogP contribution is 2.26. The maximum atomic E-state index is 5.36. The first kappa shape index (κ1) is 17.7. The standard InChI is InChI=1S/C20H22N8O/c1-14(19-23-15(2)25-29-19)26-8-10-27(11-9-26)18-12-17(16-6-4-3-5-7-16)24-20-21-13-22-28(18)20/h3-7,12-14H,8-11H2,1-2H3. The van der Waals surface area contributed by atoms with Crippen molar-refractivity contribution in [1.29, 1.82) is 0 Å². The van der Waals surface area contributed by atoms with Gasteiger partial charge in [0.15, 0.2) is 5.82 Å². The fourth-order valence-corrected chi connectivity index (χ4v) is 3.76. The second-order valence-corrected chi connectivity index (χ2v) is 7.22. The van der Waals surface area contributed by atoms with Crippen LogP contribution in [0.4, 0.5) is 5.82 Å². The lowest BCUT2D eigenvalue weighted by Gasteiger charge is -2.37. The van der Waals surface area contributed by atoms with Crippen molar-refractivity contribution in [2.75, 3.05) is 31.1 Å². The van der Waals surface area contributed by atoms with E-state index in [-0.39, 0.29) is 6.04 Å². The molecule has 5 rings (SSSR count). The van der Waals surface area contributed by atoms with E-state index in [9.17, 15) is 0 Å². The van der Waals surface area contributed by atoms with Gasteiger partial charge in [0.05, 0.1) is 11.7 Å². The highest BCUT2D eigenvalue weighted by Gasteiger charge is 2.27. The molecule has 0 spiro atoms. The van der Waals surface area contributed by atoms with Crippen molar-refractivity contribution in [2.45, 2.75) is 19.9 Å². The largest absolute Gasteiger partial charge is 0.354 e. The molecule has 1 unspecified atom stereocenters. The quantitative estimate of drug-likeness (QED) is 0.525. The zero-order valence-corrected chi connectivity index (χ0v) is 16.4. The van der Waals surface area contributed by atoms with Gasteiger partial charge >= 0.3 is 0 Å². The van der Waals surface area contributed by atoms with Gasteiger partial charge in [-0.3, -0.25) is 4.90 Å². The van der Waals surface area contributed by atoms with Crippen LogP contribution >= 0.6 is 0 Å². The van der Waals surface area contributed by atoms with Crippen LogP contribution in [0.5, 0.6) is 0 Å². The minimum atomic E-state index is 0.0991. The van der Waals surface area contributed by atoms with Gasteiger partial charge in [0.1, 0.15) is 12.1 Å². The average molecular weight is 390 g/mol. The van der Waals surface area contributed by atoms with Gasteiger partial charge in [0.25, 0.3) is 5.78 Å². The molecule has 4 aromatic rings. The molecule has 9 heteroatoms. The van der Waals surface area contributed by atoms with Crippen molar-refractivity contribution in [3.63, 3.8) is 0 Å². The van der Waals surface area contributed by atoms with Gasteiger partial charge in [-0.15, -0.1) is 0 Å². The Morgan fingerprint density at radius 1 is 1.03 bits per heavy atom. The molecule has 0 amide bonds. The lowest BCUT2D eigenvalue weighted by Crippen LogP contribution is -2.47. The molecule has 0 N–H and O–H groups in total. The van der Waals surface area contributed by atoms with Gasteiger partial charge in [-0.25, -0.2) is 4.98 Å². The number of piperazine rings is 1. The van der Waals surface area contributed by atoms with Gasteiger partial charge in [-0.1, -0.05) is 35.5 Å². The van der Waals surface area contributed by atoms with Crippen LogP contribution in [0.1, 0.15) is 24.7 Å². The number of nitrogens with zero attached hydrogens (tertiary/aromatic N) is 8. The smallest absolute Gasteiger partial charge is 0.254 e. The average Bonchev–Trinajstić information content (AvgIpc) is 3.42. The van der Waals surface area contributed by atoms with Crippen molar-refractivity contribution >= 4 is 11.6 Å². The summed E-state index contributed by atoms with van der Waals surface area (Å²) in [5, 5.41) is 8.30. The van der Waals surface area contributed by atoms with Crippen molar-refractivity contribution in [3.8, 4) is 11.3 Å². The molecule has 3 aromatic heterocycles. The van der Waals surface area contributed by atoms with Gasteiger partial charge in [-0.05, 0) is 13.8 Å². The van der Waals surface area contributed by atoms with Crippen LogP contribution in [-0.2, 0) is 0 Å². The molecule has 0 radical (unpaired) electrons. The van der Waals surface area contributed by atoms with Crippen LogP contribution in [0.3, 0.4) is 0 Å². The van der Waals surface area contributed by atoms with Gasteiger partial charge in [-0.2, -0.15) is 19.6 Å². The molecular weight excluding hydrogens is 368 g/mol. The van der Waals surface area contributed by atoms with Gasteiger partial charge in [0.2, 0.25) is 5.89 Å². The summed E-state index contributed by atoms with van der Waals surface area (Å²) in [6.45, 7) is 7.46. The molecule has 148 valence electrons. The Labute approximate surface area is 168 Å². The maximum absolute atomic E-state index is 5.36. The van der Waals surface area contributed by atoms with Crippen molar-refractivity contribution in [2.24, 2.45) is 0 Å². The highest BCUT2D eigenvalue weighted by molar-refractivity contribution is 5.65. The number of rotatable bonds is 4. The highest BCUT2D eigenvalue weighted by atomic mass is 16.5.